The van der Waals surface area contributed by atoms with Gasteiger partial charge in [0, 0.05) is 17.3 Å². The zero-order chi connectivity index (χ0) is 13.0. The fraction of sp³-hybridized carbons (Fsp3) is 0.188. The molecular weight excluding hydrogens is 222 g/mol. The van der Waals surface area contributed by atoms with Crippen LogP contribution in [0, 0.1) is 11.8 Å². The Morgan fingerprint density at radius 3 is 2.61 bits per heavy atom. The first kappa shape index (κ1) is 12.3. The molecule has 0 amide bonds. The lowest BCUT2D eigenvalue weighted by Crippen LogP contribution is -2.14. The average molecular weight is 237 g/mol. The molecule has 2 nitrogen and oxygen atoms in total. The molecule has 0 unspecified atom stereocenters. The third kappa shape index (κ3) is 3.44. The molecule has 0 saturated carbocycles. The Morgan fingerprint density at radius 1 is 1.11 bits per heavy atom. The standard InChI is InChI=1S/C16H15NO/c1-16(2,18)10-9-13-6-5-7-14(12-13)15-8-3-4-11-17-15/h3-8,11-12,18H,1-2H3. The molecule has 18 heavy (non-hydrogen) atoms. The van der Waals surface area contributed by atoms with Gasteiger partial charge in [0.1, 0.15) is 5.60 Å². The minimum atomic E-state index is -0.971. The molecule has 2 rings (SSSR count). The molecule has 1 heterocycles. The summed E-state index contributed by atoms with van der Waals surface area (Å²) >= 11 is 0. The summed E-state index contributed by atoms with van der Waals surface area (Å²) in [7, 11) is 0. The van der Waals surface area contributed by atoms with Crippen LogP contribution in [0.1, 0.15) is 19.4 Å². The van der Waals surface area contributed by atoms with E-state index in [1.54, 1.807) is 20.0 Å². The molecule has 1 aromatic heterocycles. The number of hydrogen-bond donors (Lipinski definition) is 1. The van der Waals surface area contributed by atoms with Crippen LogP contribution in [0.25, 0.3) is 11.3 Å². The molecule has 0 spiro atoms. The molecule has 1 aromatic carbocycles. The predicted molar refractivity (Wildman–Crippen MR) is 72.8 cm³/mol. The van der Waals surface area contributed by atoms with Crippen LogP contribution in [0.15, 0.2) is 48.7 Å². The first-order chi connectivity index (χ1) is 8.54. The topological polar surface area (TPSA) is 33.1 Å². The Balaban J connectivity index is 2.34. The van der Waals surface area contributed by atoms with Crippen molar-refractivity contribution in [2.45, 2.75) is 19.4 Å². The van der Waals surface area contributed by atoms with Crippen LogP contribution in [0.3, 0.4) is 0 Å². The first-order valence-corrected chi connectivity index (χ1v) is 5.82. The number of rotatable bonds is 1. The van der Waals surface area contributed by atoms with Crippen molar-refractivity contribution < 1.29 is 5.11 Å². The summed E-state index contributed by atoms with van der Waals surface area (Å²) in [5, 5.41) is 9.58. The van der Waals surface area contributed by atoms with Gasteiger partial charge in [-0.1, -0.05) is 30.0 Å². The van der Waals surface area contributed by atoms with Crippen LogP contribution in [0.2, 0.25) is 0 Å². The van der Waals surface area contributed by atoms with Crippen molar-refractivity contribution in [3.05, 3.63) is 54.2 Å². The van der Waals surface area contributed by atoms with Gasteiger partial charge in [-0.25, -0.2) is 0 Å². The normalized spacial score (nSPS) is 10.6. The Morgan fingerprint density at radius 2 is 1.94 bits per heavy atom. The van der Waals surface area contributed by atoms with Crippen molar-refractivity contribution in [3.8, 4) is 23.1 Å². The maximum atomic E-state index is 9.58. The van der Waals surface area contributed by atoms with Gasteiger partial charge in [0.25, 0.3) is 0 Å². The number of pyridine rings is 1. The highest BCUT2D eigenvalue weighted by Crippen LogP contribution is 2.17. The van der Waals surface area contributed by atoms with Crippen LogP contribution in [0.5, 0.6) is 0 Å². The van der Waals surface area contributed by atoms with E-state index in [4.69, 9.17) is 0 Å². The molecule has 0 aliphatic rings. The lowest BCUT2D eigenvalue weighted by Gasteiger charge is -2.06. The summed E-state index contributed by atoms with van der Waals surface area (Å²) < 4.78 is 0. The van der Waals surface area contributed by atoms with Crippen LogP contribution in [0.4, 0.5) is 0 Å². The van der Waals surface area contributed by atoms with Gasteiger partial charge in [0.05, 0.1) is 5.69 Å². The minimum Gasteiger partial charge on any atom is -0.378 e. The third-order valence-corrected chi connectivity index (χ3v) is 2.34. The number of aliphatic hydroxyl groups is 1. The van der Waals surface area contributed by atoms with Crippen LogP contribution < -0.4 is 0 Å². The molecule has 0 saturated heterocycles. The van der Waals surface area contributed by atoms with Gasteiger partial charge >= 0.3 is 0 Å². The zero-order valence-corrected chi connectivity index (χ0v) is 10.5. The summed E-state index contributed by atoms with van der Waals surface area (Å²) in [5.74, 6) is 5.77. The van der Waals surface area contributed by atoms with Crippen LogP contribution in [-0.2, 0) is 0 Å². The van der Waals surface area contributed by atoms with E-state index in [-0.39, 0.29) is 0 Å². The molecule has 0 aliphatic heterocycles. The molecule has 0 bridgehead atoms. The predicted octanol–water partition coefficient (Wildman–Crippen LogP) is 2.87. The number of hydrogen-bond acceptors (Lipinski definition) is 2. The summed E-state index contributed by atoms with van der Waals surface area (Å²) in [6, 6.07) is 13.6. The molecule has 0 atom stereocenters. The van der Waals surface area contributed by atoms with Crippen molar-refractivity contribution in [1.29, 1.82) is 0 Å². The second-order valence-electron chi connectivity index (χ2n) is 4.60. The van der Waals surface area contributed by atoms with Crippen molar-refractivity contribution >= 4 is 0 Å². The van der Waals surface area contributed by atoms with E-state index >= 15 is 0 Å². The highest BCUT2D eigenvalue weighted by Gasteiger charge is 2.05. The number of nitrogens with zero attached hydrogens (tertiary/aromatic N) is 1. The quantitative estimate of drug-likeness (QED) is 0.774. The Hall–Kier alpha value is -2.11. The Bertz CT molecular complexity index is 586. The van der Waals surface area contributed by atoms with Gasteiger partial charge in [0.15, 0.2) is 0 Å². The minimum absolute atomic E-state index is 0.875. The zero-order valence-electron chi connectivity index (χ0n) is 10.5. The second-order valence-corrected chi connectivity index (χ2v) is 4.60. The summed E-state index contributed by atoms with van der Waals surface area (Å²) in [6.45, 7) is 3.34. The van der Waals surface area contributed by atoms with E-state index in [1.165, 1.54) is 0 Å². The van der Waals surface area contributed by atoms with Crippen LogP contribution >= 0.6 is 0 Å². The fourth-order valence-corrected chi connectivity index (χ4v) is 1.51. The average Bonchev–Trinajstić information content (AvgIpc) is 2.37. The van der Waals surface area contributed by atoms with Gasteiger partial charge in [0.2, 0.25) is 0 Å². The molecule has 90 valence electrons. The van der Waals surface area contributed by atoms with E-state index in [0.717, 1.165) is 16.8 Å². The number of aromatic nitrogens is 1. The molecule has 2 heteroatoms. The van der Waals surface area contributed by atoms with E-state index < -0.39 is 5.60 Å². The highest BCUT2D eigenvalue weighted by atomic mass is 16.3. The molecular formula is C16H15NO. The van der Waals surface area contributed by atoms with E-state index in [2.05, 4.69) is 16.8 Å². The fourth-order valence-electron chi connectivity index (χ4n) is 1.51. The van der Waals surface area contributed by atoms with Crippen molar-refractivity contribution in [3.63, 3.8) is 0 Å². The van der Waals surface area contributed by atoms with Gasteiger partial charge in [-0.15, -0.1) is 0 Å². The summed E-state index contributed by atoms with van der Waals surface area (Å²) in [6.07, 6.45) is 1.77. The van der Waals surface area contributed by atoms with Gasteiger partial charge in [-0.2, -0.15) is 0 Å². The van der Waals surface area contributed by atoms with Crippen molar-refractivity contribution in [2.24, 2.45) is 0 Å². The van der Waals surface area contributed by atoms with Gasteiger partial charge in [-0.05, 0) is 38.1 Å². The van der Waals surface area contributed by atoms with Gasteiger partial charge in [-0.3, -0.25) is 4.98 Å². The maximum absolute atomic E-state index is 9.58. The SMILES string of the molecule is CC(C)(O)C#Cc1cccc(-c2ccccn2)c1. The van der Waals surface area contributed by atoms with Crippen molar-refractivity contribution in [2.75, 3.05) is 0 Å². The Kier molecular flexibility index (Phi) is 3.45. The monoisotopic (exact) mass is 237 g/mol. The Labute approximate surface area is 107 Å². The molecule has 0 radical (unpaired) electrons. The van der Waals surface area contributed by atoms with Crippen LogP contribution in [-0.4, -0.2) is 15.7 Å². The molecule has 2 aromatic rings. The largest absolute Gasteiger partial charge is 0.378 e. The van der Waals surface area contributed by atoms with E-state index in [9.17, 15) is 5.11 Å². The smallest absolute Gasteiger partial charge is 0.120 e. The summed E-state index contributed by atoms with van der Waals surface area (Å²) in [4.78, 5) is 4.30. The molecule has 0 aliphatic carbocycles. The molecule has 0 fully saturated rings. The third-order valence-electron chi connectivity index (χ3n) is 2.34. The van der Waals surface area contributed by atoms with Crippen molar-refractivity contribution in [1.82, 2.24) is 4.98 Å². The first-order valence-electron chi connectivity index (χ1n) is 5.82. The maximum Gasteiger partial charge on any atom is 0.120 e. The van der Waals surface area contributed by atoms with E-state index in [1.807, 2.05) is 42.5 Å². The highest BCUT2D eigenvalue weighted by molar-refractivity contribution is 5.61. The lowest BCUT2D eigenvalue weighted by molar-refractivity contribution is 0.143. The van der Waals surface area contributed by atoms with E-state index in [0.29, 0.717) is 0 Å². The lowest BCUT2D eigenvalue weighted by atomic mass is 10.1. The summed E-state index contributed by atoms with van der Waals surface area (Å²) in [5.41, 5.74) is 1.85. The second kappa shape index (κ2) is 5.03. The van der Waals surface area contributed by atoms with Gasteiger partial charge < -0.3 is 5.11 Å². The molecule has 1 N–H and O–H groups in total. The number of benzene rings is 1.